The first kappa shape index (κ1) is 22.4. The van der Waals surface area contributed by atoms with Crippen molar-refractivity contribution >= 4 is 0 Å². The fourth-order valence-corrected chi connectivity index (χ4v) is 5.44. The summed E-state index contributed by atoms with van der Waals surface area (Å²) in [6.45, 7) is 3.21. The first-order valence-electron chi connectivity index (χ1n) is 11.6. The molecule has 3 unspecified atom stereocenters. The van der Waals surface area contributed by atoms with Crippen LogP contribution in [0.5, 0.6) is 0 Å². The second-order valence-corrected chi connectivity index (χ2v) is 9.61. The maximum Gasteiger partial charge on any atom is 0.117 e. The van der Waals surface area contributed by atoms with Gasteiger partial charge in [0.05, 0.1) is 6.17 Å². The summed E-state index contributed by atoms with van der Waals surface area (Å²) in [5, 5.41) is 10.5. The van der Waals surface area contributed by atoms with Crippen LogP contribution < -0.4 is 5.73 Å². The molecule has 1 saturated carbocycles. The van der Waals surface area contributed by atoms with E-state index in [2.05, 4.69) is 61.9 Å². The van der Waals surface area contributed by atoms with Crippen molar-refractivity contribution in [2.75, 3.05) is 27.7 Å². The van der Waals surface area contributed by atoms with E-state index in [1.165, 1.54) is 18.5 Å². The third-order valence-corrected chi connectivity index (χ3v) is 7.52. The van der Waals surface area contributed by atoms with Gasteiger partial charge in [-0.3, -0.25) is 4.90 Å². The highest BCUT2D eigenvalue weighted by atomic mass is 16.3. The fourth-order valence-electron chi connectivity index (χ4n) is 5.44. The fraction of sp³-hybridized carbons (Fsp3) is 0.760. The standard InChI is InChI=1S/C25H41N3O/c1-5-18(19-10-13-22(14-11-19)27(2)3)16-23-21(17-28(4)25(23)26)12-15-24(29)20-8-6-7-9-20/h10,13,18,20-21,23-25,29H,5-9,11,14,16-17,26H2,1-4H3/t18?,21-,23?,24?,25+/m0/s1. The molecule has 162 valence electrons. The predicted octanol–water partition coefficient (Wildman–Crippen LogP) is 3.59. The molecule has 1 aliphatic heterocycles. The number of aliphatic hydroxyl groups excluding tert-OH is 1. The normalized spacial score (nSPS) is 30.3. The van der Waals surface area contributed by atoms with E-state index in [0.717, 1.165) is 45.1 Å². The summed E-state index contributed by atoms with van der Waals surface area (Å²) in [4.78, 5) is 4.47. The molecule has 5 atom stereocenters. The van der Waals surface area contributed by atoms with Gasteiger partial charge in [-0.1, -0.05) is 43.3 Å². The molecule has 0 bridgehead atoms. The van der Waals surface area contributed by atoms with Crippen LogP contribution in [0.1, 0.15) is 58.3 Å². The summed E-state index contributed by atoms with van der Waals surface area (Å²) in [6, 6.07) is 0. The van der Waals surface area contributed by atoms with E-state index < -0.39 is 6.10 Å². The van der Waals surface area contributed by atoms with Gasteiger partial charge in [-0.2, -0.15) is 0 Å². The van der Waals surface area contributed by atoms with E-state index in [0.29, 0.717) is 17.8 Å². The molecule has 3 aliphatic rings. The van der Waals surface area contributed by atoms with Crippen molar-refractivity contribution in [3.05, 3.63) is 23.4 Å². The van der Waals surface area contributed by atoms with E-state index in [1.807, 2.05) is 0 Å². The van der Waals surface area contributed by atoms with Crippen molar-refractivity contribution in [1.82, 2.24) is 9.80 Å². The maximum absolute atomic E-state index is 10.5. The van der Waals surface area contributed by atoms with E-state index >= 15 is 0 Å². The van der Waals surface area contributed by atoms with Crippen molar-refractivity contribution in [2.45, 2.75) is 70.6 Å². The minimum atomic E-state index is -0.460. The molecule has 4 nitrogen and oxygen atoms in total. The zero-order valence-corrected chi connectivity index (χ0v) is 18.9. The number of rotatable bonds is 6. The molecular formula is C25H41N3O. The summed E-state index contributed by atoms with van der Waals surface area (Å²) in [6.07, 6.45) is 13.5. The molecular weight excluding hydrogens is 358 g/mol. The molecule has 0 aromatic rings. The van der Waals surface area contributed by atoms with Gasteiger partial charge < -0.3 is 15.7 Å². The van der Waals surface area contributed by atoms with Crippen LogP contribution in [0, 0.1) is 35.5 Å². The van der Waals surface area contributed by atoms with Gasteiger partial charge in [0.1, 0.15) is 6.10 Å². The summed E-state index contributed by atoms with van der Waals surface area (Å²) in [5.41, 5.74) is 9.57. The lowest BCUT2D eigenvalue weighted by Gasteiger charge is -2.29. The van der Waals surface area contributed by atoms with E-state index in [9.17, 15) is 5.11 Å². The van der Waals surface area contributed by atoms with Crippen LogP contribution in [0.15, 0.2) is 23.4 Å². The Labute approximate surface area is 178 Å². The van der Waals surface area contributed by atoms with Crippen LogP contribution in [0.3, 0.4) is 0 Å². The Morgan fingerprint density at radius 3 is 2.55 bits per heavy atom. The first-order chi connectivity index (χ1) is 13.9. The number of hydrogen-bond acceptors (Lipinski definition) is 4. The number of likely N-dealkylation sites (tertiary alicyclic amines) is 1. The topological polar surface area (TPSA) is 52.7 Å². The third-order valence-electron chi connectivity index (χ3n) is 7.52. The summed E-state index contributed by atoms with van der Waals surface area (Å²) >= 11 is 0. The quantitative estimate of drug-likeness (QED) is 0.670. The van der Waals surface area contributed by atoms with Crippen LogP contribution in [-0.2, 0) is 0 Å². The first-order valence-corrected chi connectivity index (χ1v) is 11.6. The van der Waals surface area contributed by atoms with E-state index in [1.54, 1.807) is 5.57 Å². The molecule has 29 heavy (non-hydrogen) atoms. The van der Waals surface area contributed by atoms with Crippen LogP contribution in [0.2, 0.25) is 0 Å². The Morgan fingerprint density at radius 1 is 1.24 bits per heavy atom. The molecule has 1 heterocycles. The number of nitrogens with zero attached hydrogens (tertiary/aromatic N) is 2. The maximum atomic E-state index is 10.5. The zero-order valence-electron chi connectivity index (χ0n) is 18.9. The molecule has 0 aromatic carbocycles. The monoisotopic (exact) mass is 399 g/mol. The highest BCUT2D eigenvalue weighted by Crippen LogP contribution is 2.37. The Hall–Kier alpha value is -1.28. The number of nitrogens with two attached hydrogens (primary N) is 1. The molecule has 0 amide bonds. The largest absolute Gasteiger partial charge is 0.381 e. The number of allylic oxidation sites excluding steroid dienone is 4. The van der Waals surface area contributed by atoms with Crippen LogP contribution in [-0.4, -0.2) is 54.9 Å². The van der Waals surface area contributed by atoms with Crippen molar-refractivity contribution in [2.24, 2.45) is 29.4 Å². The molecule has 0 aromatic heterocycles. The Kier molecular flexibility index (Phi) is 7.85. The Balaban J connectivity index is 1.69. The minimum Gasteiger partial charge on any atom is -0.381 e. The molecule has 2 fully saturated rings. The third kappa shape index (κ3) is 5.45. The Bertz CT molecular complexity index is 665. The van der Waals surface area contributed by atoms with Gasteiger partial charge in [0.15, 0.2) is 0 Å². The highest BCUT2D eigenvalue weighted by molar-refractivity contribution is 5.25. The molecule has 2 aliphatic carbocycles. The molecule has 1 saturated heterocycles. The molecule has 3 N–H and O–H groups in total. The molecule has 0 spiro atoms. The second-order valence-electron chi connectivity index (χ2n) is 9.61. The zero-order chi connectivity index (χ0) is 21.0. The lowest BCUT2D eigenvalue weighted by atomic mass is 9.79. The van der Waals surface area contributed by atoms with Crippen molar-refractivity contribution in [3.8, 4) is 11.8 Å². The van der Waals surface area contributed by atoms with E-state index in [-0.39, 0.29) is 12.1 Å². The van der Waals surface area contributed by atoms with Gasteiger partial charge in [-0.15, -0.1) is 0 Å². The van der Waals surface area contributed by atoms with Crippen LogP contribution in [0.25, 0.3) is 0 Å². The predicted molar refractivity (Wildman–Crippen MR) is 121 cm³/mol. The lowest BCUT2D eigenvalue weighted by Crippen LogP contribution is -2.38. The van der Waals surface area contributed by atoms with Crippen LogP contribution in [0.4, 0.5) is 0 Å². The molecule has 0 radical (unpaired) electrons. The van der Waals surface area contributed by atoms with Crippen molar-refractivity contribution in [1.29, 1.82) is 0 Å². The molecule has 4 heteroatoms. The Morgan fingerprint density at radius 2 is 1.97 bits per heavy atom. The van der Waals surface area contributed by atoms with E-state index in [4.69, 9.17) is 5.73 Å². The lowest BCUT2D eigenvalue weighted by molar-refractivity contribution is 0.164. The number of aliphatic hydroxyl groups is 1. The highest BCUT2D eigenvalue weighted by Gasteiger charge is 2.38. The SMILES string of the molecule is CCC(CC1[C@@H](C#CC(O)C2CCCC2)CN(C)[C@H]1N)C1=CC=C(N(C)C)CC1. The van der Waals surface area contributed by atoms with Gasteiger partial charge in [0.2, 0.25) is 0 Å². The number of hydrogen-bond donors (Lipinski definition) is 2. The van der Waals surface area contributed by atoms with Gasteiger partial charge >= 0.3 is 0 Å². The van der Waals surface area contributed by atoms with Crippen molar-refractivity contribution < 1.29 is 5.11 Å². The minimum absolute atomic E-state index is 0.0593. The summed E-state index contributed by atoms with van der Waals surface area (Å²) in [5.74, 6) is 8.26. The average molecular weight is 400 g/mol. The van der Waals surface area contributed by atoms with Crippen LogP contribution >= 0.6 is 0 Å². The molecule has 3 rings (SSSR count). The van der Waals surface area contributed by atoms with Crippen molar-refractivity contribution in [3.63, 3.8) is 0 Å². The second kappa shape index (κ2) is 10.2. The van der Waals surface area contributed by atoms with Gasteiger partial charge in [-0.05, 0) is 63.5 Å². The average Bonchev–Trinajstić information content (AvgIpc) is 3.34. The summed E-state index contributed by atoms with van der Waals surface area (Å²) < 4.78 is 0. The van der Waals surface area contributed by atoms with Gasteiger partial charge in [0, 0.05) is 38.2 Å². The summed E-state index contributed by atoms with van der Waals surface area (Å²) in [7, 11) is 6.36. The van der Waals surface area contributed by atoms with Gasteiger partial charge in [0.25, 0.3) is 0 Å². The smallest absolute Gasteiger partial charge is 0.117 e. The van der Waals surface area contributed by atoms with Gasteiger partial charge in [-0.25, -0.2) is 0 Å².